The molecular weight excluding hydrogens is 280 g/mol. The quantitative estimate of drug-likeness (QED) is 0.480. The van der Waals surface area contributed by atoms with E-state index < -0.39 is 17.9 Å². The van der Waals surface area contributed by atoms with Crippen molar-refractivity contribution >= 4 is 23.1 Å². The molecule has 2 rings (SSSR count). The third-order valence-electron chi connectivity index (χ3n) is 2.88. The van der Waals surface area contributed by atoms with Crippen LogP contribution in [0.25, 0.3) is 0 Å². The van der Waals surface area contributed by atoms with Crippen LogP contribution in [-0.4, -0.2) is 29.3 Å². The largest absolute Gasteiger partial charge is 0.416 e. The topological polar surface area (TPSA) is 15.6 Å². The number of rotatable bonds is 3. The molecular formula is C12H10F4N2S. The Hall–Kier alpha value is -1.30. The lowest BCUT2D eigenvalue weighted by molar-refractivity contribution is -0.138. The van der Waals surface area contributed by atoms with Crippen LogP contribution in [0.3, 0.4) is 0 Å². The first-order chi connectivity index (χ1) is 8.90. The van der Waals surface area contributed by atoms with E-state index >= 15 is 0 Å². The third kappa shape index (κ3) is 3.37. The molecule has 7 heteroatoms. The van der Waals surface area contributed by atoms with Gasteiger partial charge in [0, 0.05) is 19.6 Å². The second kappa shape index (κ2) is 5.36. The zero-order valence-electron chi connectivity index (χ0n) is 9.75. The number of hydrogen-bond donors (Lipinski definition) is 0. The normalized spacial score (nSPS) is 16.8. The second-order valence-corrected chi connectivity index (χ2v) is 4.52. The Morgan fingerprint density at radius 2 is 2.05 bits per heavy atom. The molecule has 0 saturated carbocycles. The summed E-state index contributed by atoms with van der Waals surface area (Å²) in [5.74, 6) is 0. The molecule has 19 heavy (non-hydrogen) atoms. The monoisotopic (exact) mass is 290 g/mol. The Kier molecular flexibility index (Phi) is 3.99. The third-order valence-corrected chi connectivity index (χ3v) is 2.97. The number of likely N-dealkylation sites (tertiary alicyclic amines) is 1. The average Bonchev–Trinajstić information content (AvgIpc) is 2.28. The lowest BCUT2D eigenvalue weighted by Crippen LogP contribution is -2.47. The molecule has 1 aromatic rings. The fourth-order valence-electron chi connectivity index (χ4n) is 1.97. The number of hydrogen-bond acceptors (Lipinski definition) is 3. The van der Waals surface area contributed by atoms with E-state index in [0.29, 0.717) is 0 Å². The highest BCUT2D eigenvalue weighted by Gasteiger charge is 2.35. The number of halogens is 4. The summed E-state index contributed by atoms with van der Waals surface area (Å²) in [4.78, 5) is 5.16. The molecule has 1 saturated heterocycles. The van der Waals surface area contributed by atoms with E-state index in [9.17, 15) is 17.6 Å². The summed E-state index contributed by atoms with van der Waals surface area (Å²) in [7, 11) is 0. The summed E-state index contributed by atoms with van der Waals surface area (Å²) >= 11 is 4.37. The van der Waals surface area contributed by atoms with Crippen molar-refractivity contribution in [3.8, 4) is 0 Å². The highest BCUT2D eigenvalue weighted by molar-refractivity contribution is 7.78. The molecule has 102 valence electrons. The summed E-state index contributed by atoms with van der Waals surface area (Å²) in [5.41, 5.74) is -0.540. The van der Waals surface area contributed by atoms with Crippen molar-refractivity contribution < 1.29 is 17.6 Å². The Bertz CT molecular complexity index is 517. The summed E-state index contributed by atoms with van der Waals surface area (Å²) < 4.78 is 51.5. The number of benzene rings is 1. The standard InChI is InChI=1S/C12H10F4N2S/c13-9-5-18(6-9)4-8-1-2-10(17-7-19)3-11(8)12(14,15)16/h1-3,9H,4-6H2. The van der Waals surface area contributed by atoms with Crippen LogP contribution in [0.4, 0.5) is 23.2 Å². The van der Waals surface area contributed by atoms with Gasteiger partial charge in [0.15, 0.2) is 0 Å². The van der Waals surface area contributed by atoms with Crippen molar-refractivity contribution in [2.24, 2.45) is 4.99 Å². The maximum Gasteiger partial charge on any atom is 0.416 e. The molecule has 0 radical (unpaired) electrons. The van der Waals surface area contributed by atoms with Gasteiger partial charge in [-0.1, -0.05) is 6.07 Å². The van der Waals surface area contributed by atoms with Crippen molar-refractivity contribution in [2.75, 3.05) is 13.1 Å². The summed E-state index contributed by atoms with van der Waals surface area (Å²) in [6.07, 6.45) is -5.41. The zero-order valence-corrected chi connectivity index (χ0v) is 10.6. The van der Waals surface area contributed by atoms with E-state index in [1.807, 2.05) is 5.16 Å². The molecule has 0 spiro atoms. The van der Waals surface area contributed by atoms with Crippen molar-refractivity contribution in [2.45, 2.75) is 18.9 Å². The van der Waals surface area contributed by atoms with E-state index in [1.54, 1.807) is 4.90 Å². The molecule has 1 aliphatic heterocycles. The van der Waals surface area contributed by atoms with Crippen LogP contribution in [0.15, 0.2) is 23.2 Å². The minimum atomic E-state index is -4.47. The van der Waals surface area contributed by atoms with Crippen LogP contribution in [-0.2, 0) is 12.7 Å². The van der Waals surface area contributed by atoms with E-state index in [1.165, 1.54) is 12.1 Å². The Morgan fingerprint density at radius 3 is 2.58 bits per heavy atom. The molecule has 0 N–H and O–H groups in total. The molecule has 0 unspecified atom stereocenters. The minimum Gasteiger partial charge on any atom is -0.293 e. The van der Waals surface area contributed by atoms with Gasteiger partial charge in [-0.25, -0.2) is 4.39 Å². The van der Waals surface area contributed by atoms with E-state index in [-0.39, 0.29) is 30.9 Å². The molecule has 0 atom stereocenters. The number of alkyl halides is 4. The lowest BCUT2D eigenvalue weighted by Gasteiger charge is -2.34. The maximum atomic E-state index is 12.9. The summed E-state index contributed by atoms with van der Waals surface area (Å²) in [5, 5.41) is 2.03. The molecule has 1 fully saturated rings. The molecule has 1 heterocycles. The predicted molar refractivity (Wildman–Crippen MR) is 66.3 cm³/mol. The van der Waals surface area contributed by atoms with Gasteiger partial charge in [-0.3, -0.25) is 4.90 Å². The molecule has 1 aromatic carbocycles. The molecule has 2 nitrogen and oxygen atoms in total. The molecule has 0 aliphatic carbocycles. The first-order valence-electron chi connectivity index (χ1n) is 5.54. The zero-order chi connectivity index (χ0) is 14.0. The highest BCUT2D eigenvalue weighted by atomic mass is 32.1. The molecule has 0 bridgehead atoms. The van der Waals surface area contributed by atoms with E-state index in [4.69, 9.17) is 0 Å². The minimum absolute atomic E-state index is 0.0802. The van der Waals surface area contributed by atoms with Crippen molar-refractivity contribution in [1.82, 2.24) is 4.90 Å². The van der Waals surface area contributed by atoms with Gasteiger partial charge < -0.3 is 0 Å². The number of thiocarbonyl (C=S) groups is 1. The Balaban J connectivity index is 2.28. The Labute approximate surface area is 112 Å². The van der Waals surface area contributed by atoms with E-state index in [2.05, 4.69) is 17.2 Å². The maximum absolute atomic E-state index is 12.9. The number of isothiocyanates is 1. The number of nitrogens with zero attached hydrogens (tertiary/aromatic N) is 2. The van der Waals surface area contributed by atoms with Gasteiger partial charge in [-0.05, 0) is 29.9 Å². The second-order valence-electron chi connectivity index (χ2n) is 4.33. The first kappa shape index (κ1) is 14.1. The van der Waals surface area contributed by atoms with E-state index in [0.717, 1.165) is 6.07 Å². The van der Waals surface area contributed by atoms with Gasteiger partial charge in [-0.15, -0.1) is 0 Å². The number of aliphatic imine (C=N–C) groups is 1. The fraction of sp³-hybridized carbons (Fsp3) is 0.417. The molecule has 1 aliphatic rings. The summed E-state index contributed by atoms with van der Waals surface area (Å²) in [6.45, 7) is 0.436. The van der Waals surface area contributed by atoms with Gasteiger partial charge in [0.1, 0.15) is 6.17 Å². The van der Waals surface area contributed by atoms with Gasteiger partial charge >= 0.3 is 6.18 Å². The first-order valence-corrected chi connectivity index (χ1v) is 5.95. The molecule has 0 aromatic heterocycles. The van der Waals surface area contributed by atoms with Crippen LogP contribution in [0.2, 0.25) is 0 Å². The smallest absolute Gasteiger partial charge is 0.293 e. The lowest BCUT2D eigenvalue weighted by atomic mass is 10.0. The summed E-state index contributed by atoms with van der Waals surface area (Å²) in [6, 6.07) is 3.72. The van der Waals surface area contributed by atoms with Crippen molar-refractivity contribution in [3.05, 3.63) is 29.3 Å². The van der Waals surface area contributed by atoms with Gasteiger partial charge in [-0.2, -0.15) is 18.2 Å². The van der Waals surface area contributed by atoms with Crippen molar-refractivity contribution in [1.29, 1.82) is 0 Å². The van der Waals surface area contributed by atoms with Crippen LogP contribution >= 0.6 is 12.2 Å². The van der Waals surface area contributed by atoms with Crippen LogP contribution < -0.4 is 0 Å². The van der Waals surface area contributed by atoms with Gasteiger partial charge in [0.2, 0.25) is 0 Å². The van der Waals surface area contributed by atoms with Crippen LogP contribution in [0, 0.1) is 0 Å². The van der Waals surface area contributed by atoms with Crippen molar-refractivity contribution in [3.63, 3.8) is 0 Å². The molecule has 0 amide bonds. The highest BCUT2D eigenvalue weighted by Crippen LogP contribution is 2.35. The average molecular weight is 290 g/mol. The Morgan fingerprint density at radius 1 is 1.37 bits per heavy atom. The van der Waals surface area contributed by atoms with Crippen LogP contribution in [0.1, 0.15) is 11.1 Å². The SMILES string of the molecule is FC1CN(Cc2ccc(N=C=S)cc2C(F)(F)F)C1. The fourth-order valence-corrected chi connectivity index (χ4v) is 2.07. The predicted octanol–water partition coefficient (Wildman–Crippen LogP) is 3.59. The van der Waals surface area contributed by atoms with Gasteiger partial charge in [0.05, 0.1) is 16.4 Å². The van der Waals surface area contributed by atoms with Gasteiger partial charge in [0.25, 0.3) is 0 Å². The van der Waals surface area contributed by atoms with Crippen LogP contribution in [0.5, 0.6) is 0 Å².